The first-order valence-corrected chi connectivity index (χ1v) is 9.47. The highest BCUT2D eigenvalue weighted by atomic mass is 127. The fourth-order valence-corrected chi connectivity index (χ4v) is 3.19. The van der Waals surface area contributed by atoms with E-state index in [0.717, 1.165) is 6.26 Å². The molecule has 0 aliphatic heterocycles. The molecule has 0 spiro atoms. The standard InChI is InChI=1S/C15H23F3N4O3S.HI/c1-14(2,22-26(4,23)24)10-21-13(19-3)20-9-11-7-5-6-8-12(11)25-15(16,17)18;/h5-8,22H,9-10H2,1-4H3,(H2,19,20,21);1H. The number of halogens is 4. The molecule has 3 N–H and O–H groups in total. The van der Waals surface area contributed by atoms with Crippen LogP contribution in [0, 0.1) is 0 Å². The summed E-state index contributed by atoms with van der Waals surface area (Å²) in [5.74, 6) is -0.00258. The van der Waals surface area contributed by atoms with E-state index in [1.165, 1.54) is 25.2 Å². The van der Waals surface area contributed by atoms with Crippen LogP contribution in [0.4, 0.5) is 13.2 Å². The van der Waals surface area contributed by atoms with Gasteiger partial charge in [-0.2, -0.15) is 0 Å². The normalized spacial score (nSPS) is 12.9. The molecule has 27 heavy (non-hydrogen) atoms. The third-order valence-electron chi connectivity index (χ3n) is 3.03. The van der Waals surface area contributed by atoms with Gasteiger partial charge in [0.1, 0.15) is 5.75 Å². The molecule has 0 aromatic heterocycles. The quantitative estimate of drug-likeness (QED) is 0.289. The van der Waals surface area contributed by atoms with Crippen molar-refractivity contribution in [2.75, 3.05) is 19.8 Å². The molecular weight excluding hydrogens is 500 g/mol. The number of alkyl halides is 3. The van der Waals surface area contributed by atoms with Crippen molar-refractivity contribution in [2.24, 2.45) is 4.99 Å². The second kappa shape index (κ2) is 10.3. The molecule has 0 radical (unpaired) electrons. The molecule has 0 aliphatic rings. The number of hydrogen-bond donors (Lipinski definition) is 3. The monoisotopic (exact) mass is 524 g/mol. The minimum absolute atomic E-state index is 0. The smallest absolute Gasteiger partial charge is 0.405 e. The van der Waals surface area contributed by atoms with Crippen LogP contribution in [-0.4, -0.2) is 46.1 Å². The molecule has 0 saturated heterocycles. The first-order valence-electron chi connectivity index (χ1n) is 7.58. The van der Waals surface area contributed by atoms with Crippen molar-refractivity contribution in [3.05, 3.63) is 29.8 Å². The number of nitrogens with zero attached hydrogens (tertiary/aromatic N) is 1. The second-order valence-corrected chi connectivity index (χ2v) is 7.94. The summed E-state index contributed by atoms with van der Waals surface area (Å²) in [5.41, 5.74) is -0.496. The Kier molecular flexibility index (Phi) is 9.83. The van der Waals surface area contributed by atoms with Gasteiger partial charge in [-0.05, 0) is 19.9 Å². The fourth-order valence-electron chi connectivity index (χ4n) is 2.12. The van der Waals surface area contributed by atoms with Gasteiger partial charge in [-0.3, -0.25) is 4.99 Å². The minimum atomic E-state index is -4.78. The molecule has 0 saturated carbocycles. The van der Waals surface area contributed by atoms with Crippen LogP contribution >= 0.6 is 24.0 Å². The molecule has 1 rings (SSSR count). The highest BCUT2D eigenvalue weighted by molar-refractivity contribution is 14.0. The van der Waals surface area contributed by atoms with Crippen LogP contribution in [0.1, 0.15) is 19.4 Å². The largest absolute Gasteiger partial charge is 0.573 e. The molecule has 7 nitrogen and oxygen atoms in total. The van der Waals surface area contributed by atoms with Crippen LogP contribution in [0.3, 0.4) is 0 Å². The van der Waals surface area contributed by atoms with Crippen LogP contribution < -0.4 is 20.1 Å². The van der Waals surface area contributed by atoms with Crippen molar-refractivity contribution in [1.82, 2.24) is 15.4 Å². The summed E-state index contributed by atoms with van der Waals surface area (Å²) in [4.78, 5) is 3.96. The van der Waals surface area contributed by atoms with E-state index in [2.05, 4.69) is 25.1 Å². The summed E-state index contributed by atoms with van der Waals surface area (Å²) < 4.78 is 66.4. The average Bonchev–Trinajstić information content (AvgIpc) is 2.44. The van der Waals surface area contributed by atoms with Gasteiger partial charge in [-0.25, -0.2) is 13.1 Å². The number of rotatable bonds is 7. The Bertz CT molecular complexity index is 740. The van der Waals surface area contributed by atoms with Crippen molar-refractivity contribution in [3.8, 4) is 5.75 Å². The maximum absolute atomic E-state index is 12.4. The van der Waals surface area contributed by atoms with E-state index in [-0.39, 0.29) is 42.8 Å². The number of benzene rings is 1. The van der Waals surface area contributed by atoms with E-state index >= 15 is 0 Å². The van der Waals surface area contributed by atoms with Gasteiger partial charge in [0.25, 0.3) is 0 Å². The number of ether oxygens (including phenoxy) is 1. The van der Waals surface area contributed by atoms with Gasteiger partial charge in [0.15, 0.2) is 5.96 Å². The Morgan fingerprint density at radius 3 is 2.30 bits per heavy atom. The van der Waals surface area contributed by atoms with Crippen LogP contribution in [0.25, 0.3) is 0 Å². The lowest BCUT2D eigenvalue weighted by Crippen LogP contribution is -2.52. The molecule has 1 aromatic rings. The maximum Gasteiger partial charge on any atom is 0.573 e. The van der Waals surface area contributed by atoms with Crippen molar-refractivity contribution < 1.29 is 26.3 Å². The summed E-state index contributed by atoms with van der Waals surface area (Å²) in [5, 5.41) is 5.78. The van der Waals surface area contributed by atoms with E-state index in [4.69, 9.17) is 0 Å². The number of aliphatic imine (C=N–C) groups is 1. The first kappa shape index (κ1) is 25.7. The minimum Gasteiger partial charge on any atom is -0.405 e. The predicted octanol–water partition coefficient (Wildman–Crippen LogP) is 2.20. The lowest BCUT2D eigenvalue weighted by Gasteiger charge is -2.26. The molecule has 0 bridgehead atoms. The summed E-state index contributed by atoms with van der Waals surface area (Å²) in [6.45, 7) is 3.61. The zero-order valence-corrected chi connectivity index (χ0v) is 18.5. The van der Waals surface area contributed by atoms with E-state index in [0.29, 0.717) is 11.5 Å². The summed E-state index contributed by atoms with van der Waals surface area (Å²) >= 11 is 0. The summed E-state index contributed by atoms with van der Waals surface area (Å²) in [7, 11) is -1.90. The van der Waals surface area contributed by atoms with Gasteiger partial charge in [0.2, 0.25) is 10.0 Å². The third kappa shape index (κ3) is 11.2. The number of sulfonamides is 1. The molecule has 0 atom stereocenters. The molecule has 1 aromatic carbocycles. The molecule has 0 amide bonds. The van der Waals surface area contributed by atoms with Crippen molar-refractivity contribution in [2.45, 2.75) is 32.3 Å². The predicted molar refractivity (Wildman–Crippen MR) is 109 cm³/mol. The van der Waals surface area contributed by atoms with E-state index < -0.39 is 21.9 Å². The van der Waals surface area contributed by atoms with Gasteiger partial charge in [-0.15, -0.1) is 37.1 Å². The molecule has 0 heterocycles. The number of hydrogen-bond acceptors (Lipinski definition) is 4. The summed E-state index contributed by atoms with van der Waals surface area (Å²) in [6, 6.07) is 5.75. The van der Waals surface area contributed by atoms with Gasteiger partial charge in [0.05, 0.1) is 6.26 Å². The Labute approximate surface area is 174 Å². The van der Waals surface area contributed by atoms with Gasteiger partial charge in [0, 0.05) is 31.2 Å². The fraction of sp³-hybridized carbons (Fsp3) is 0.533. The van der Waals surface area contributed by atoms with E-state index in [9.17, 15) is 21.6 Å². The Morgan fingerprint density at radius 1 is 1.19 bits per heavy atom. The molecule has 0 aliphatic carbocycles. The van der Waals surface area contributed by atoms with Crippen LogP contribution in [0.15, 0.2) is 29.3 Å². The Morgan fingerprint density at radius 2 is 1.78 bits per heavy atom. The van der Waals surface area contributed by atoms with Crippen LogP contribution in [0.5, 0.6) is 5.75 Å². The maximum atomic E-state index is 12.4. The number of nitrogens with one attached hydrogen (secondary N) is 3. The number of para-hydroxylation sites is 1. The van der Waals surface area contributed by atoms with E-state index in [1.54, 1.807) is 19.9 Å². The van der Waals surface area contributed by atoms with E-state index in [1.807, 2.05) is 0 Å². The van der Waals surface area contributed by atoms with Crippen LogP contribution in [-0.2, 0) is 16.6 Å². The molecule has 0 fully saturated rings. The average molecular weight is 524 g/mol. The van der Waals surface area contributed by atoms with Crippen LogP contribution in [0.2, 0.25) is 0 Å². The molecule has 0 unspecified atom stereocenters. The van der Waals surface area contributed by atoms with Gasteiger partial charge < -0.3 is 15.4 Å². The zero-order chi connectivity index (χ0) is 20.0. The molecular formula is C15H24F3IN4O3S. The summed E-state index contributed by atoms with van der Waals surface area (Å²) in [6.07, 6.45) is -3.73. The van der Waals surface area contributed by atoms with Gasteiger partial charge in [-0.1, -0.05) is 18.2 Å². The topological polar surface area (TPSA) is 91.8 Å². The first-order chi connectivity index (χ1) is 11.8. The third-order valence-corrected chi connectivity index (χ3v) is 3.95. The Balaban J connectivity index is 0.00000676. The highest BCUT2D eigenvalue weighted by Crippen LogP contribution is 2.26. The SMILES string of the molecule is CN=C(NCc1ccccc1OC(F)(F)F)NCC(C)(C)NS(C)(=O)=O.I. The van der Waals surface area contributed by atoms with Gasteiger partial charge >= 0.3 is 6.36 Å². The van der Waals surface area contributed by atoms with Crippen molar-refractivity contribution in [3.63, 3.8) is 0 Å². The molecule has 12 heteroatoms. The number of guanidine groups is 1. The lowest BCUT2D eigenvalue weighted by atomic mass is 10.1. The lowest BCUT2D eigenvalue weighted by molar-refractivity contribution is -0.274. The van der Waals surface area contributed by atoms with Crippen molar-refractivity contribution >= 4 is 40.0 Å². The Hall–Kier alpha value is -1.28. The second-order valence-electron chi connectivity index (χ2n) is 6.19. The zero-order valence-electron chi connectivity index (χ0n) is 15.3. The highest BCUT2D eigenvalue weighted by Gasteiger charge is 2.32. The van der Waals surface area contributed by atoms with Crippen molar-refractivity contribution in [1.29, 1.82) is 0 Å². The molecule has 156 valence electrons.